The Kier molecular flexibility index (Phi) is 11.3. The fourth-order valence-electron chi connectivity index (χ4n) is 7.16. The van der Waals surface area contributed by atoms with Crippen molar-refractivity contribution in [3.05, 3.63) is 82.9 Å². The van der Waals surface area contributed by atoms with Gasteiger partial charge in [0.15, 0.2) is 5.78 Å². The van der Waals surface area contributed by atoms with Gasteiger partial charge >= 0.3 is 0 Å². The van der Waals surface area contributed by atoms with E-state index >= 15 is 0 Å². The van der Waals surface area contributed by atoms with Gasteiger partial charge in [-0.2, -0.15) is 0 Å². The van der Waals surface area contributed by atoms with E-state index in [1.54, 1.807) is 0 Å². The molecule has 0 amide bonds. The highest BCUT2D eigenvalue weighted by atomic mass is 16.1. The number of rotatable bonds is 12. The summed E-state index contributed by atoms with van der Waals surface area (Å²) in [6.45, 7) is 16.1. The van der Waals surface area contributed by atoms with Crippen molar-refractivity contribution in [3.63, 3.8) is 0 Å². The van der Waals surface area contributed by atoms with Gasteiger partial charge in [0, 0.05) is 69.5 Å². The highest BCUT2D eigenvalue weighted by Gasteiger charge is 2.34. The van der Waals surface area contributed by atoms with Crippen LogP contribution in [0.2, 0.25) is 0 Å². The molecule has 2 heterocycles. The van der Waals surface area contributed by atoms with Crippen molar-refractivity contribution >= 4 is 16.6 Å². The molecule has 6 nitrogen and oxygen atoms in total. The van der Waals surface area contributed by atoms with Crippen LogP contribution in [0.4, 0.5) is 0 Å². The molecule has 0 spiro atoms. The largest absolute Gasteiger partial charge is 0.305 e. The van der Waals surface area contributed by atoms with Crippen molar-refractivity contribution in [2.45, 2.75) is 58.2 Å². The zero-order valence-electron chi connectivity index (χ0n) is 28.1. The molecule has 0 saturated carbocycles. The van der Waals surface area contributed by atoms with Gasteiger partial charge in [0.25, 0.3) is 0 Å². The average Bonchev–Trinajstić information content (AvgIpc) is 3.00. The maximum Gasteiger partial charge on any atom is 0.176 e. The molecule has 3 atom stereocenters. The first kappa shape index (κ1) is 32.8. The Bertz CT molecular complexity index is 1380. The second kappa shape index (κ2) is 15.1. The summed E-state index contributed by atoms with van der Waals surface area (Å²) < 4.78 is 0. The van der Waals surface area contributed by atoms with Gasteiger partial charge in [0.2, 0.25) is 0 Å². The normalized spacial score (nSPS) is 21.7. The maximum atomic E-state index is 13.6. The molecule has 0 N–H and O–H groups in total. The van der Waals surface area contributed by atoms with E-state index in [-0.39, 0.29) is 5.78 Å². The van der Waals surface area contributed by atoms with Gasteiger partial charge in [0.1, 0.15) is 0 Å². The van der Waals surface area contributed by atoms with Crippen LogP contribution in [0.1, 0.15) is 46.8 Å². The van der Waals surface area contributed by atoms with Crippen LogP contribution in [-0.4, -0.2) is 128 Å². The fourth-order valence-corrected chi connectivity index (χ4v) is 7.16. The molecule has 0 unspecified atom stereocenters. The standard InChI is InChI=1S/C38H55N5O/c1-29-13-14-33(30(2)22-29)24-37(39(4)5)27-43-25-31(3)42(26-36(43)12-9-17-41-20-18-40(6)19-21-41)28-38(44)35-16-15-32-10-7-8-11-34(32)23-35/h7-8,10-11,13-16,22-23,31,36-37H,9,12,17-21,24-28H2,1-6H3/t31-,36+,37-/m1/s1. The van der Waals surface area contributed by atoms with Gasteiger partial charge in [-0.3, -0.25) is 14.6 Å². The third-order valence-electron chi connectivity index (χ3n) is 10.2. The molecule has 0 aliphatic carbocycles. The number of fused-ring (bicyclic) bond motifs is 1. The van der Waals surface area contributed by atoms with Crippen molar-refractivity contribution in [2.24, 2.45) is 0 Å². The van der Waals surface area contributed by atoms with Crippen molar-refractivity contribution < 1.29 is 4.79 Å². The number of piperazine rings is 2. The molecule has 2 fully saturated rings. The lowest BCUT2D eigenvalue weighted by Gasteiger charge is -2.47. The van der Waals surface area contributed by atoms with E-state index in [0.29, 0.717) is 24.7 Å². The van der Waals surface area contributed by atoms with Crippen molar-refractivity contribution in [2.75, 3.05) is 80.0 Å². The Morgan fingerprint density at radius 2 is 1.66 bits per heavy atom. The van der Waals surface area contributed by atoms with Crippen LogP contribution in [0.5, 0.6) is 0 Å². The third kappa shape index (κ3) is 8.55. The monoisotopic (exact) mass is 597 g/mol. The zero-order valence-corrected chi connectivity index (χ0v) is 28.1. The predicted molar refractivity (Wildman–Crippen MR) is 185 cm³/mol. The number of ketones is 1. The van der Waals surface area contributed by atoms with E-state index in [1.807, 2.05) is 12.1 Å². The SMILES string of the molecule is Cc1ccc(C[C@H](CN2C[C@@H](C)N(CC(=O)c3ccc4ccccc4c3)C[C@@H]2CCCN2CCN(C)CC2)N(C)C)c(C)c1. The van der Waals surface area contributed by atoms with Crippen molar-refractivity contribution in [1.82, 2.24) is 24.5 Å². The van der Waals surface area contributed by atoms with Crippen LogP contribution in [0, 0.1) is 13.8 Å². The van der Waals surface area contributed by atoms with Gasteiger partial charge in [0.05, 0.1) is 6.54 Å². The molecular formula is C38H55N5O. The smallest absolute Gasteiger partial charge is 0.176 e. The molecule has 2 aliphatic rings. The minimum Gasteiger partial charge on any atom is -0.305 e. The van der Waals surface area contributed by atoms with Crippen LogP contribution < -0.4 is 0 Å². The van der Waals surface area contributed by atoms with E-state index in [1.165, 1.54) is 67.6 Å². The number of hydrogen-bond donors (Lipinski definition) is 0. The van der Waals surface area contributed by atoms with E-state index in [9.17, 15) is 4.79 Å². The second-order valence-electron chi connectivity index (χ2n) is 13.9. The topological polar surface area (TPSA) is 33.3 Å². The average molecular weight is 598 g/mol. The molecule has 2 saturated heterocycles. The molecule has 3 aromatic rings. The molecule has 0 aromatic heterocycles. The van der Waals surface area contributed by atoms with Gasteiger partial charge in [-0.05, 0) is 95.7 Å². The molecule has 5 rings (SSSR count). The Hall–Kier alpha value is -2.61. The molecule has 0 radical (unpaired) electrons. The molecule has 2 aliphatic heterocycles. The minimum absolute atomic E-state index is 0.230. The lowest BCUT2D eigenvalue weighted by molar-refractivity contribution is 0.0165. The molecule has 6 heteroatoms. The number of carbonyl (C=O) groups excluding carboxylic acids is 1. The van der Waals surface area contributed by atoms with Gasteiger partial charge in [-0.1, -0.05) is 60.2 Å². The lowest BCUT2D eigenvalue weighted by atomic mass is 9.96. The zero-order chi connectivity index (χ0) is 31.2. The summed E-state index contributed by atoms with van der Waals surface area (Å²) >= 11 is 0. The Balaban J connectivity index is 1.28. The van der Waals surface area contributed by atoms with E-state index in [4.69, 9.17) is 0 Å². The third-order valence-corrected chi connectivity index (χ3v) is 10.2. The molecule has 238 valence electrons. The summed E-state index contributed by atoms with van der Waals surface area (Å²) in [6.07, 6.45) is 3.43. The Labute approximate surface area is 266 Å². The van der Waals surface area contributed by atoms with Crippen LogP contribution in [0.3, 0.4) is 0 Å². The van der Waals surface area contributed by atoms with Crippen LogP contribution >= 0.6 is 0 Å². The molecular weight excluding hydrogens is 542 g/mol. The number of carbonyl (C=O) groups is 1. The fraction of sp³-hybridized carbons (Fsp3) is 0.553. The summed E-state index contributed by atoms with van der Waals surface area (Å²) in [5, 5.41) is 2.32. The Morgan fingerprint density at radius 1 is 0.909 bits per heavy atom. The van der Waals surface area contributed by atoms with Crippen LogP contribution in [0.25, 0.3) is 10.8 Å². The number of nitrogens with zero attached hydrogens (tertiary/aromatic N) is 5. The minimum atomic E-state index is 0.230. The first-order valence-corrected chi connectivity index (χ1v) is 16.8. The van der Waals surface area contributed by atoms with E-state index < -0.39 is 0 Å². The number of benzene rings is 3. The van der Waals surface area contributed by atoms with Gasteiger partial charge in [-0.15, -0.1) is 0 Å². The van der Waals surface area contributed by atoms with Crippen LogP contribution in [0.15, 0.2) is 60.7 Å². The summed E-state index contributed by atoms with van der Waals surface area (Å²) in [7, 11) is 6.70. The summed E-state index contributed by atoms with van der Waals surface area (Å²) in [5.74, 6) is 0.230. The maximum absolute atomic E-state index is 13.6. The number of aryl methyl sites for hydroxylation is 2. The Morgan fingerprint density at radius 3 is 2.39 bits per heavy atom. The van der Waals surface area contributed by atoms with Gasteiger partial charge in [-0.25, -0.2) is 0 Å². The number of likely N-dealkylation sites (N-methyl/N-ethyl adjacent to an activating group) is 2. The highest BCUT2D eigenvalue weighted by Crippen LogP contribution is 2.24. The summed E-state index contributed by atoms with van der Waals surface area (Å²) in [6, 6.07) is 22.6. The molecule has 44 heavy (non-hydrogen) atoms. The number of hydrogen-bond acceptors (Lipinski definition) is 6. The predicted octanol–water partition coefficient (Wildman–Crippen LogP) is 5.21. The van der Waals surface area contributed by atoms with Gasteiger partial charge < -0.3 is 14.7 Å². The van der Waals surface area contributed by atoms with Crippen molar-refractivity contribution in [3.8, 4) is 0 Å². The highest BCUT2D eigenvalue weighted by molar-refractivity contribution is 6.01. The van der Waals surface area contributed by atoms with E-state index in [0.717, 1.165) is 37.0 Å². The quantitative estimate of drug-likeness (QED) is 0.267. The van der Waals surface area contributed by atoms with E-state index in [2.05, 4.69) is 115 Å². The second-order valence-corrected chi connectivity index (χ2v) is 13.9. The number of Topliss-reactive ketones (excluding diaryl/α,β-unsaturated/α-hetero) is 1. The molecule has 0 bridgehead atoms. The molecule has 3 aromatic carbocycles. The summed E-state index contributed by atoms with van der Waals surface area (Å²) in [5.41, 5.74) is 5.00. The lowest BCUT2D eigenvalue weighted by Crippen LogP contribution is -2.60. The van der Waals surface area contributed by atoms with Crippen molar-refractivity contribution in [1.29, 1.82) is 0 Å². The van der Waals surface area contributed by atoms with Crippen LogP contribution in [-0.2, 0) is 6.42 Å². The first-order valence-electron chi connectivity index (χ1n) is 16.8. The summed E-state index contributed by atoms with van der Waals surface area (Å²) in [4.78, 5) is 26.3. The first-order chi connectivity index (χ1) is 21.2.